The van der Waals surface area contributed by atoms with Gasteiger partial charge in [-0.2, -0.15) is 0 Å². The number of anilines is 1. The van der Waals surface area contributed by atoms with Gasteiger partial charge < -0.3 is 9.84 Å². The fraction of sp³-hybridized carbons (Fsp3) is 0.438. The molecule has 2 rings (SSSR count). The third kappa shape index (κ3) is 2.95. The van der Waals surface area contributed by atoms with Crippen LogP contribution in [-0.4, -0.2) is 34.9 Å². The number of nitrogens with zero attached hydrogens (tertiary/aromatic N) is 1. The van der Waals surface area contributed by atoms with Crippen LogP contribution in [0.3, 0.4) is 0 Å². The molecule has 0 radical (unpaired) electrons. The maximum Gasteiger partial charge on any atom is 0.323 e. The van der Waals surface area contributed by atoms with Crippen LogP contribution in [0.15, 0.2) is 18.2 Å². The van der Waals surface area contributed by atoms with Crippen LogP contribution in [0.2, 0.25) is 0 Å². The highest BCUT2D eigenvalue weighted by molar-refractivity contribution is 6.06. The molecule has 0 saturated heterocycles. The molecule has 0 bridgehead atoms. The molecule has 0 aromatic heterocycles. The molecular formula is C16H19NO5. The predicted molar refractivity (Wildman–Crippen MR) is 80.4 cm³/mol. The van der Waals surface area contributed by atoms with E-state index < -0.39 is 24.0 Å². The molecule has 118 valence electrons. The molecule has 0 atom stereocenters. The molecule has 0 spiro atoms. The van der Waals surface area contributed by atoms with Crippen LogP contribution in [0.25, 0.3) is 0 Å². The Morgan fingerprint density at radius 3 is 2.59 bits per heavy atom. The van der Waals surface area contributed by atoms with Crippen molar-refractivity contribution in [1.29, 1.82) is 0 Å². The highest BCUT2D eigenvalue weighted by Crippen LogP contribution is 2.38. The molecule has 1 aromatic carbocycles. The molecule has 1 N–H and O–H groups in total. The van der Waals surface area contributed by atoms with Gasteiger partial charge in [0.1, 0.15) is 12.3 Å². The second-order valence-electron chi connectivity index (χ2n) is 5.75. The van der Waals surface area contributed by atoms with E-state index in [1.807, 2.05) is 6.92 Å². The van der Waals surface area contributed by atoms with Crippen LogP contribution < -0.4 is 9.64 Å². The highest BCUT2D eigenvalue weighted by atomic mass is 16.5. The van der Waals surface area contributed by atoms with Crippen molar-refractivity contribution in [2.24, 2.45) is 0 Å². The summed E-state index contributed by atoms with van der Waals surface area (Å²) in [6.45, 7) is 4.61. The number of fused-ring (bicyclic) bond motifs is 1. The number of Topliss-reactive ketones (excluding diaryl/α,β-unsaturated/α-hetero) is 1. The Balaban J connectivity index is 2.48. The summed E-state index contributed by atoms with van der Waals surface area (Å²) >= 11 is 0. The normalized spacial score (nSPS) is 16.0. The summed E-state index contributed by atoms with van der Waals surface area (Å²) in [5.74, 6) is -1.21. The minimum Gasteiger partial charge on any atom is -0.480 e. The number of carboxylic acid groups (broad SMARTS) is 1. The van der Waals surface area contributed by atoms with Gasteiger partial charge in [0, 0.05) is 12.0 Å². The van der Waals surface area contributed by atoms with E-state index in [1.165, 1.54) is 6.07 Å². The summed E-state index contributed by atoms with van der Waals surface area (Å²) in [6.07, 6.45) is 1.12. The molecule has 0 saturated carbocycles. The lowest BCUT2D eigenvalue weighted by Crippen LogP contribution is -2.53. The van der Waals surface area contributed by atoms with Crippen molar-refractivity contribution in [3.8, 4) is 5.75 Å². The van der Waals surface area contributed by atoms with E-state index in [2.05, 4.69) is 0 Å². The fourth-order valence-corrected chi connectivity index (χ4v) is 2.40. The lowest BCUT2D eigenvalue weighted by atomic mass is 10.0. The lowest BCUT2D eigenvalue weighted by Gasteiger charge is -2.38. The predicted octanol–water partition coefficient (Wildman–Crippen LogP) is 2.26. The first kappa shape index (κ1) is 16.0. The van der Waals surface area contributed by atoms with Gasteiger partial charge in [-0.1, -0.05) is 6.92 Å². The number of ketones is 1. The van der Waals surface area contributed by atoms with Gasteiger partial charge in [0.25, 0.3) is 5.91 Å². The smallest absolute Gasteiger partial charge is 0.323 e. The van der Waals surface area contributed by atoms with Crippen molar-refractivity contribution in [3.63, 3.8) is 0 Å². The van der Waals surface area contributed by atoms with Crippen molar-refractivity contribution in [1.82, 2.24) is 0 Å². The zero-order chi connectivity index (χ0) is 16.5. The van der Waals surface area contributed by atoms with Crippen LogP contribution >= 0.6 is 0 Å². The van der Waals surface area contributed by atoms with Gasteiger partial charge in [0.2, 0.25) is 0 Å². The van der Waals surface area contributed by atoms with Gasteiger partial charge >= 0.3 is 5.97 Å². The molecule has 1 aliphatic rings. The lowest BCUT2D eigenvalue weighted by molar-refractivity contribution is -0.139. The first-order valence-electron chi connectivity index (χ1n) is 7.16. The number of carbonyl (C=O) groups excluding carboxylic acids is 2. The maximum absolute atomic E-state index is 12.4. The average Bonchev–Trinajstić information content (AvgIpc) is 2.43. The van der Waals surface area contributed by atoms with Gasteiger partial charge in [0.05, 0.1) is 5.69 Å². The monoisotopic (exact) mass is 305 g/mol. The minimum atomic E-state index is -1.14. The SMILES string of the molecule is CCCC(=O)c1ccc2c(c1)N(CC(=O)O)C(=O)C(C)(C)O2. The van der Waals surface area contributed by atoms with Crippen molar-refractivity contribution >= 4 is 23.3 Å². The van der Waals surface area contributed by atoms with Crippen LogP contribution in [0, 0.1) is 0 Å². The zero-order valence-corrected chi connectivity index (χ0v) is 12.9. The van der Waals surface area contributed by atoms with Gasteiger partial charge in [-0.05, 0) is 38.5 Å². The van der Waals surface area contributed by atoms with Crippen molar-refractivity contribution in [2.75, 3.05) is 11.4 Å². The molecule has 0 aliphatic carbocycles. The number of benzene rings is 1. The quantitative estimate of drug-likeness (QED) is 0.844. The number of rotatable bonds is 5. The Morgan fingerprint density at radius 1 is 1.32 bits per heavy atom. The second kappa shape index (κ2) is 5.79. The minimum absolute atomic E-state index is 0.0437. The van der Waals surface area contributed by atoms with E-state index in [-0.39, 0.29) is 5.78 Å². The standard InChI is InChI=1S/C16H19NO5/c1-4-5-12(18)10-6-7-13-11(8-10)17(9-14(19)20)15(21)16(2,3)22-13/h6-8H,4-5,9H2,1-3H3,(H,19,20). The number of ether oxygens (including phenoxy) is 1. The first-order valence-corrected chi connectivity index (χ1v) is 7.16. The summed E-state index contributed by atoms with van der Waals surface area (Å²) in [5, 5.41) is 9.04. The van der Waals surface area contributed by atoms with Crippen molar-refractivity contribution in [2.45, 2.75) is 39.2 Å². The van der Waals surface area contributed by atoms with Crippen LogP contribution in [-0.2, 0) is 9.59 Å². The number of aliphatic carboxylic acids is 1. The van der Waals surface area contributed by atoms with E-state index >= 15 is 0 Å². The van der Waals surface area contributed by atoms with Crippen molar-refractivity contribution in [3.05, 3.63) is 23.8 Å². The molecule has 6 nitrogen and oxygen atoms in total. The third-order valence-corrected chi connectivity index (χ3v) is 3.47. The summed E-state index contributed by atoms with van der Waals surface area (Å²) in [5.41, 5.74) is -0.363. The van der Waals surface area contributed by atoms with Crippen LogP contribution in [0.1, 0.15) is 44.0 Å². The van der Waals surface area contributed by atoms with Crippen LogP contribution in [0.5, 0.6) is 5.75 Å². The molecule has 0 fully saturated rings. The molecule has 1 aliphatic heterocycles. The summed E-state index contributed by atoms with van der Waals surface area (Å²) in [6, 6.07) is 4.78. The van der Waals surface area contributed by atoms with Crippen LogP contribution in [0.4, 0.5) is 5.69 Å². The Morgan fingerprint density at radius 2 is 2.00 bits per heavy atom. The van der Waals surface area contributed by atoms with E-state index in [0.717, 1.165) is 11.3 Å². The Hall–Kier alpha value is -2.37. The number of amides is 1. The highest BCUT2D eigenvalue weighted by Gasteiger charge is 2.41. The van der Waals surface area contributed by atoms with E-state index in [4.69, 9.17) is 9.84 Å². The summed E-state index contributed by atoms with van der Waals surface area (Å²) < 4.78 is 5.64. The molecule has 1 aromatic rings. The zero-order valence-electron chi connectivity index (χ0n) is 12.9. The molecule has 6 heteroatoms. The maximum atomic E-state index is 12.4. The van der Waals surface area contributed by atoms with E-state index in [1.54, 1.807) is 26.0 Å². The Labute approximate surface area is 128 Å². The fourth-order valence-electron chi connectivity index (χ4n) is 2.40. The number of carbonyl (C=O) groups is 3. The first-order chi connectivity index (χ1) is 10.3. The third-order valence-electron chi connectivity index (χ3n) is 3.47. The molecular weight excluding hydrogens is 286 g/mol. The number of hydrogen-bond acceptors (Lipinski definition) is 4. The molecule has 22 heavy (non-hydrogen) atoms. The number of carboxylic acids is 1. The Bertz CT molecular complexity index is 635. The molecule has 1 heterocycles. The van der Waals surface area contributed by atoms with Gasteiger partial charge in [-0.3, -0.25) is 19.3 Å². The number of hydrogen-bond donors (Lipinski definition) is 1. The van der Waals surface area contributed by atoms with Gasteiger partial charge in [-0.15, -0.1) is 0 Å². The Kier molecular flexibility index (Phi) is 4.21. The average molecular weight is 305 g/mol. The van der Waals surface area contributed by atoms with Gasteiger partial charge in [0.15, 0.2) is 11.4 Å². The van der Waals surface area contributed by atoms with E-state index in [0.29, 0.717) is 23.4 Å². The van der Waals surface area contributed by atoms with E-state index in [9.17, 15) is 14.4 Å². The summed E-state index contributed by atoms with van der Waals surface area (Å²) in [7, 11) is 0. The van der Waals surface area contributed by atoms with Crippen molar-refractivity contribution < 1.29 is 24.2 Å². The second-order valence-corrected chi connectivity index (χ2v) is 5.75. The molecule has 0 unspecified atom stereocenters. The molecule has 1 amide bonds. The summed E-state index contributed by atoms with van der Waals surface area (Å²) in [4.78, 5) is 36.6. The topological polar surface area (TPSA) is 83.9 Å². The van der Waals surface area contributed by atoms with Gasteiger partial charge in [-0.25, -0.2) is 0 Å². The largest absolute Gasteiger partial charge is 0.480 e.